The number of para-hydroxylation sites is 1. The van der Waals surface area contributed by atoms with Crippen molar-refractivity contribution >= 4 is 22.6 Å². The molecule has 1 aromatic carbocycles. The molecular formula is C22H23N3O3. The Morgan fingerprint density at radius 2 is 1.96 bits per heavy atom. The zero-order valence-electron chi connectivity index (χ0n) is 15.7. The van der Waals surface area contributed by atoms with Crippen LogP contribution in [-0.2, 0) is 4.79 Å². The van der Waals surface area contributed by atoms with Gasteiger partial charge in [0.1, 0.15) is 23.1 Å². The summed E-state index contributed by atoms with van der Waals surface area (Å²) >= 11 is 0. The van der Waals surface area contributed by atoms with Gasteiger partial charge in [-0.2, -0.15) is 5.10 Å². The van der Waals surface area contributed by atoms with Crippen molar-refractivity contribution in [2.45, 2.75) is 31.7 Å². The highest BCUT2D eigenvalue weighted by atomic mass is 16.3. The molecule has 1 atom stereocenters. The molecule has 6 nitrogen and oxygen atoms in total. The van der Waals surface area contributed by atoms with Gasteiger partial charge in [-0.05, 0) is 50.2 Å². The van der Waals surface area contributed by atoms with E-state index in [1.807, 2.05) is 42.5 Å². The molecule has 1 saturated heterocycles. The number of likely N-dealkylation sites (tertiary alicyclic amines) is 1. The number of benzene rings is 1. The molecule has 2 aromatic heterocycles. The number of hydrogen-bond acceptors (Lipinski definition) is 5. The first-order valence-electron chi connectivity index (χ1n) is 9.92. The maximum Gasteiger partial charge on any atom is 0.257 e. The van der Waals surface area contributed by atoms with Gasteiger partial charge in [-0.3, -0.25) is 9.69 Å². The minimum Gasteiger partial charge on any atom is -0.467 e. The van der Waals surface area contributed by atoms with Gasteiger partial charge in [-0.25, -0.2) is 5.01 Å². The van der Waals surface area contributed by atoms with Crippen molar-refractivity contribution in [3.8, 4) is 0 Å². The van der Waals surface area contributed by atoms with E-state index in [2.05, 4.69) is 10.0 Å². The molecule has 2 aliphatic rings. The van der Waals surface area contributed by atoms with Crippen molar-refractivity contribution in [3.05, 3.63) is 60.2 Å². The molecular weight excluding hydrogens is 354 g/mol. The molecule has 6 heteroatoms. The number of furan rings is 2. The Morgan fingerprint density at radius 1 is 1.11 bits per heavy atom. The van der Waals surface area contributed by atoms with Crippen LogP contribution in [0.15, 0.2) is 62.7 Å². The number of rotatable bonds is 4. The van der Waals surface area contributed by atoms with E-state index in [0.717, 1.165) is 48.4 Å². The van der Waals surface area contributed by atoms with Gasteiger partial charge in [0.25, 0.3) is 5.91 Å². The molecule has 0 aliphatic carbocycles. The fourth-order valence-electron chi connectivity index (χ4n) is 4.10. The molecule has 0 spiro atoms. The fraction of sp³-hybridized carbons (Fsp3) is 0.364. The Kier molecular flexibility index (Phi) is 4.49. The van der Waals surface area contributed by atoms with Gasteiger partial charge in [-0.1, -0.05) is 24.6 Å². The van der Waals surface area contributed by atoms with Crippen LogP contribution in [-0.4, -0.2) is 41.2 Å². The van der Waals surface area contributed by atoms with E-state index in [1.165, 1.54) is 6.42 Å². The van der Waals surface area contributed by atoms with E-state index in [-0.39, 0.29) is 11.9 Å². The Bertz CT molecular complexity index is 966. The Hall–Kier alpha value is -2.86. The molecule has 4 heterocycles. The molecule has 0 radical (unpaired) electrons. The molecule has 2 aliphatic heterocycles. The molecule has 1 fully saturated rings. The van der Waals surface area contributed by atoms with E-state index in [9.17, 15) is 4.79 Å². The standard InChI is InChI=1S/C22H23N3O3/c26-22(15-24-10-4-1-5-11-24)25-18(20-9-6-12-27-20)14-17(23-25)21-13-16-7-2-3-8-19(16)28-21/h2-3,6-9,12-13,18H,1,4-5,10-11,14-15H2/t18-/m1/s1. The highest BCUT2D eigenvalue weighted by Gasteiger charge is 2.36. The van der Waals surface area contributed by atoms with E-state index >= 15 is 0 Å². The molecule has 28 heavy (non-hydrogen) atoms. The van der Waals surface area contributed by atoms with Gasteiger partial charge in [0.15, 0.2) is 5.76 Å². The normalized spacial score (nSPS) is 20.6. The third kappa shape index (κ3) is 3.24. The van der Waals surface area contributed by atoms with E-state index < -0.39 is 0 Å². The zero-order chi connectivity index (χ0) is 18.9. The second-order valence-electron chi connectivity index (χ2n) is 7.51. The van der Waals surface area contributed by atoms with Crippen molar-refractivity contribution in [1.82, 2.24) is 9.91 Å². The highest BCUT2D eigenvalue weighted by molar-refractivity contribution is 6.03. The van der Waals surface area contributed by atoms with Gasteiger partial charge in [0.05, 0.1) is 12.8 Å². The van der Waals surface area contributed by atoms with Crippen molar-refractivity contribution in [2.24, 2.45) is 5.10 Å². The van der Waals surface area contributed by atoms with Crippen LogP contribution in [0.3, 0.4) is 0 Å². The number of carbonyl (C=O) groups excluding carboxylic acids is 1. The number of piperidine rings is 1. The lowest BCUT2D eigenvalue weighted by atomic mass is 10.1. The molecule has 144 valence electrons. The van der Waals surface area contributed by atoms with Gasteiger partial charge >= 0.3 is 0 Å². The number of hydrazone groups is 1. The second-order valence-corrected chi connectivity index (χ2v) is 7.51. The molecule has 5 rings (SSSR count). The molecule has 0 bridgehead atoms. The van der Waals surface area contributed by atoms with Gasteiger partial charge in [-0.15, -0.1) is 0 Å². The van der Waals surface area contributed by atoms with Crippen molar-refractivity contribution in [1.29, 1.82) is 0 Å². The summed E-state index contributed by atoms with van der Waals surface area (Å²) in [5.41, 5.74) is 1.61. The van der Waals surface area contributed by atoms with E-state index in [4.69, 9.17) is 8.83 Å². The van der Waals surface area contributed by atoms with Crippen molar-refractivity contribution in [3.63, 3.8) is 0 Å². The molecule has 0 unspecified atom stereocenters. The summed E-state index contributed by atoms with van der Waals surface area (Å²) in [6.07, 6.45) is 5.78. The predicted octanol–water partition coefficient (Wildman–Crippen LogP) is 4.19. The van der Waals surface area contributed by atoms with Gasteiger partial charge in [0.2, 0.25) is 0 Å². The maximum atomic E-state index is 13.1. The number of hydrogen-bond donors (Lipinski definition) is 0. The summed E-state index contributed by atoms with van der Waals surface area (Å²) in [7, 11) is 0. The summed E-state index contributed by atoms with van der Waals surface area (Å²) in [6, 6.07) is 13.4. The Labute approximate surface area is 163 Å². The quantitative estimate of drug-likeness (QED) is 0.684. The fourth-order valence-corrected chi connectivity index (χ4v) is 4.10. The number of amides is 1. The average Bonchev–Trinajstić information content (AvgIpc) is 3.46. The van der Waals surface area contributed by atoms with E-state index in [1.54, 1.807) is 11.3 Å². The monoisotopic (exact) mass is 377 g/mol. The van der Waals surface area contributed by atoms with Crippen LogP contribution in [0.4, 0.5) is 0 Å². The second kappa shape index (κ2) is 7.28. The highest BCUT2D eigenvalue weighted by Crippen LogP contribution is 2.34. The largest absolute Gasteiger partial charge is 0.467 e. The lowest BCUT2D eigenvalue weighted by molar-refractivity contribution is -0.134. The number of nitrogens with zero attached hydrogens (tertiary/aromatic N) is 3. The molecule has 3 aromatic rings. The van der Waals surface area contributed by atoms with Crippen LogP contribution in [0, 0.1) is 0 Å². The Balaban J connectivity index is 1.43. The van der Waals surface area contributed by atoms with Crippen LogP contribution in [0.2, 0.25) is 0 Å². The summed E-state index contributed by atoms with van der Waals surface area (Å²) in [6.45, 7) is 2.35. The Morgan fingerprint density at radius 3 is 2.75 bits per heavy atom. The third-order valence-electron chi connectivity index (χ3n) is 5.55. The van der Waals surface area contributed by atoms with Crippen molar-refractivity contribution < 1.29 is 13.6 Å². The summed E-state index contributed by atoms with van der Waals surface area (Å²) in [5, 5.41) is 7.30. The van der Waals surface area contributed by atoms with Crippen LogP contribution >= 0.6 is 0 Å². The topological polar surface area (TPSA) is 62.2 Å². The predicted molar refractivity (Wildman–Crippen MR) is 106 cm³/mol. The van der Waals surface area contributed by atoms with Crippen molar-refractivity contribution in [2.75, 3.05) is 19.6 Å². The lowest BCUT2D eigenvalue weighted by Crippen LogP contribution is -2.40. The first kappa shape index (κ1) is 17.3. The maximum absolute atomic E-state index is 13.1. The minimum atomic E-state index is -0.226. The number of fused-ring (bicyclic) bond motifs is 1. The number of carbonyl (C=O) groups is 1. The summed E-state index contributed by atoms with van der Waals surface area (Å²) < 4.78 is 11.6. The molecule has 1 amide bonds. The van der Waals surface area contributed by atoms with Gasteiger partial charge in [0, 0.05) is 11.8 Å². The smallest absolute Gasteiger partial charge is 0.257 e. The first-order valence-corrected chi connectivity index (χ1v) is 9.92. The molecule has 0 N–H and O–H groups in total. The SMILES string of the molecule is O=C(CN1CCCCC1)N1N=C(c2cc3ccccc3o2)C[C@@H]1c1ccco1. The summed E-state index contributed by atoms with van der Waals surface area (Å²) in [5.74, 6) is 1.47. The minimum absolute atomic E-state index is 0.00871. The van der Waals surface area contributed by atoms with Crippen LogP contribution < -0.4 is 0 Å². The third-order valence-corrected chi connectivity index (χ3v) is 5.55. The van der Waals surface area contributed by atoms with Crippen LogP contribution in [0.25, 0.3) is 11.0 Å². The first-order chi connectivity index (χ1) is 13.8. The average molecular weight is 377 g/mol. The van der Waals surface area contributed by atoms with Gasteiger partial charge < -0.3 is 8.83 Å². The lowest BCUT2D eigenvalue weighted by Gasteiger charge is -2.28. The zero-order valence-corrected chi connectivity index (χ0v) is 15.7. The van der Waals surface area contributed by atoms with Crippen LogP contribution in [0.1, 0.15) is 43.2 Å². The van der Waals surface area contributed by atoms with E-state index in [0.29, 0.717) is 18.7 Å². The van der Waals surface area contributed by atoms with Crippen LogP contribution in [0.5, 0.6) is 0 Å². The molecule has 0 saturated carbocycles. The summed E-state index contributed by atoms with van der Waals surface area (Å²) in [4.78, 5) is 15.3.